The number of benzene rings is 1. The van der Waals surface area contributed by atoms with Gasteiger partial charge in [0.1, 0.15) is 0 Å². The van der Waals surface area contributed by atoms with Crippen molar-refractivity contribution in [3.63, 3.8) is 0 Å². The molecule has 3 N–H and O–H groups in total. The molecule has 2 atom stereocenters. The van der Waals surface area contributed by atoms with Gasteiger partial charge < -0.3 is 15.7 Å². The van der Waals surface area contributed by atoms with E-state index in [0.29, 0.717) is 6.04 Å². The van der Waals surface area contributed by atoms with Gasteiger partial charge in [-0.15, -0.1) is 0 Å². The van der Waals surface area contributed by atoms with Crippen LogP contribution in [0.3, 0.4) is 0 Å². The first kappa shape index (κ1) is 21.7. The van der Waals surface area contributed by atoms with Crippen molar-refractivity contribution >= 4 is 5.97 Å². The molecule has 1 aliphatic heterocycles. The third-order valence-corrected chi connectivity index (χ3v) is 5.05. The number of carbonyl (C=O) groups is 1. The number of hydrogen-bond acceptors (Lipinski definition) is 4. The first-order valence-corrected chi connectivity index (χ1v) is 9.28. The fraction of sp³-hybridized carbons (Fsp3) is 0.632. The topological polar surface area (TPSA) is 69.8 Å². The van der Waals surface area contributed by atoms with E-state index >= 15 is 0 Å². The molecule has 8 heteroatoms. The standard InChI is InChI=1S/C17H27N3.C2HF3O2/c18-17-7-6-16(12-17)14-20-10-8-19(9-11-20)13-15-4-2-1-3-5-15;3-2(4,5)1(6)7/h1-5,16-17H,6-14,18H2;(H,6,7). The van der Waals surface area contributed by atoms with Crippen LogP contribution in [0, 0.1) is 5.92 Å². The van der Waals surface area contributed by atoms with Crippen LogP contribution in [0.15, 0.2) is 30.3 Å². The van der Waals surface area contributed by atoms with Crippen molar-refractivity contribution in [2.45, 2.75) is 38.0 Å². The average Bonchev–Trinajstić information content (AvgIpc) is 3.02. The number of carboxylic acids is 1. The minimum Gasteiger partial charge on any atom is -0.475 e. The van der Waals surface area contributed by atoms with Gasteiger partial charge in [0.25, 0.3) is 0 Å². The average molecular weight is 387 g/mol. The van der Waals surface area contributed by atoms with E-state index in [-0.39, 0.29) is 0 Å². The minimum absolute atomic E-state index is 0.472. The van der Waals surface area contributed by atoms with E-state index in [9.17, 15) is 13.2 Å². The highest BCUT2D eigenvalue weighted by Gasteiger charge is 2.38. The Balaban J connectivity index is 0.000000321. The Bertz CT molecular complexity index is 575. The van der Waals surface area contributed by atoms with Crippen LogP contribution >= 0.6 is 0 Å². The smallest absolute Gasteiger partial charge is 0.475 e. The Morgan fingerprint density at radius 2 is 1.63 bits per heavy atom. The number of carboxylic acid groups (broad SMARTS) is 1. The van der Waals surface area contributed by atoms with Crippen molar-refractivity contribution in [3.8, 4) is 0 Å². The van der Waals surface area contributed by atoms with E-state index in [0.717, 1.165) is 12.5 Å². The van der Waals surface area contributed by atoms with Crippen LogP contribution in [-0.2, 0) is 11.3 Å². The van der Waals surface area contributed by atoms with Crippen LogP contribution in [-0.4, -0.2) is 65.8 Å². The molecule has 1 saturated carbocycles. The molecule has 1 aromatic rings. The summed E-state index contributed by atoms with van der Waals surface area (Å²) in [5.74, 6) is -1.90. The second-order valence-electron chi connectivity index (χ2n) is 7.30. The van der Waals surface area contributed by atoms with Gasteiger partial charge >= 0.3 is 12.1 Å². The van der Waals surface area contributed by atoms with Gasteiger partial charge in [0, 0.05) is 45.3 Å². The van der Waals surface area contributed by atoms with Gasteiger partial charge in [-0.05, 0) is 30.7 Å². The summed E-state index contributed by atoms with van der Waals surface area (Å²) in [6, 6.07) is 11.3. The molecular weight excluding hydrogens is 359 g/mol. The Kier molecular flexibility index (Phi) is 8.07. The van der Waals surface area contributed by atoms with E-state index in [1.165, 1.54) is 57.5 Å². The molecule has 1 saturated heterocycles. The highest BCUT2D eigenvalue weighted by molar-refractivity contribution is 5.73. The number of nitrogens with zero attached hydrogens (tertiary/aromatic N) is 2. The maximum atomic E-state index is 10.6. The van der Waals surface area contributed by atoms with Crippen molar-refractivity contribution in [2.24, 2.45) is 11.7 Å². The Hall–Kier alpha value is -1.64. The maximum Gasteiger partial charge on any atom is 0.490 e. The first-order valence-electron chi connectivity index (χ1n) is 9.28. The summed E-state index contributed by atoms with van der Waals surface area (Å²) in [7, 11) is 0. The summed E-state index contributed by atoms with van der Waals surface area (Å²) in [5.41, 5.74) is 7.44. The van der Waals surface area contributed by atoms with Crippen LogP contribution in [0.2, 0.25) is 0 Å². The highest BCUT2D eigenvalue weighted by atomic mass is 19.4. The zero-order chi connectivity index (χ0) is 19.9. The molecule has 0 bridgehead atoms. The van der Waals surface area contributed by atoms with Gasteiger partial charge in [0.15, 0.2) is 0 Å². The van der Waals surface area contributed by atoms with Crippen molar-refractivity contribution < 1.29 is 23.1 Å². The molecule has 152 valence electrons. The molecule has 3 rings (SSSR count). The van der Waals surface area contributed by atoms with Crippen LogP contribution in [0.25, 0.3) is 0 Å². The molecule has 2 aliphatic rings. The lowest BCUT2D eigenvalue weighted by Gasteiger charge is -2.36. The summed E-state index contributed by atoms with van der Waals surface area (Å²) in [6.45, 7) is 7.22. The summed E-state index contributed by atoms with van der Waals surface area (Å²) in [6.07, 6.45) is -1.27. The largest absolute Gasteiger partial charge is 0.490 e. The van der Waals surface area contributed by atoms with Crippen molar-refractivity contribution in [1.82, 2.24) is 9.80 Å². The molecule has 27 heavy (non-hydrogen) atoms. The summed E-state index contributed by atoms with van der Waals surface area (Å²) in [5, 5.41) is 7.12. The first-order chi connectivity index (χ1) is 12.7. The van der Waals surface area contributed by atoms with Gasteiger partial charge in [-0.3, -0.25) is 4.90 Å². The van der Waals surface area contributed by atoms with Gasteiger partial charge in [0.2, 0.25) is 0 Å². The molecule has 2 unspecified atom stereocenters. The minimum atomic E-state index is -5.08. The Morgan fingerprint density at radius 3 is 2.11 bits per heavy atom. The molecule has 1 aromatic carbocycles. The summed E-state index contributed by atoms with van der Waals surface area (Å²) >= 11 is 0. The number of alkyl halides is 3. The van der Waals surface area contributed by atoms with Gasteiger partial charge in [-0.2, -0.15) is 13.2 Å². The predicted octanol–water partition coefficient (Wildman–Crippen LogP) is 2.56. The number of hydrogen-bond donors (Lipinski definition) is 2. The SMILES string of the molecule is NC1CCC(CN2CCN(Cc3ccccc3)CC2)C1.O=C(O)C(F)(F)F. The lowest BCUT2D eigenvalue weighted by Crippen LogP contribution is -2.47. The lowest BCUT2D eigenvalue weighted by atomic mass is 10.1. The van der Waals surface area contributed by atoms with Crippen LogP contribution in [0.4, 0.5) is 13.2 Å². The fourth-order valence-electron chi connectivity index (χ4n) is 3.62. The predicted molar refractivity (Wildman–Crippen MR) is 97.2 cm³/mol. The Labute approximate surface area is 157 Å². The van der Waals surface area contributed by atoms with E-state index in [1.807, 2.05) is 0 Å². The second-order valence-corrected chi connectivity index (χ2v) is 7.30. The Morgan fingerprint density at radius 1 is 1.07 bits per heavy atom. The van der Waals surface area contributed by atoms with Crippen molar-refractivity contribution in [3.05, 3.63) is 35.9 Å². The maximum absolute atomic E-state index is 10.6. The molecule has 1 aliphatic carbocycles. The number of rotatable bonds is 4. The molecule has 5 nitrogen and oxygen atoms in total. The zero-order valence-electron chi connectivity index (χ0n) is 15.4. The van der Waals surface area contributed by atoms with Crippen molar-refractivity contribution in [1.29, 1.82) is 0 Å². The van der Waals surface area contributed by atoms with E-state index in [2.05, 4.69) is 40.1 Å². The number of halogens is 3. The quantitative estimate of drug-likeness (QED) is 0.831. The molecule has 0 spiro atoms. The summed E-state index contributed by atoms with van der Waals surface area (Å²) in [4.78, 5) is 14.1. The monoisotopic (exact) mass is 387 g/mol. The molecule has 0 aromatic heterocycles. The van der Waals surface area contributed by atoms with E-state index in [1.54, 1.807) is 0 Å². The van der Waals surface area contributed by atoms with Gasteiger partial charge in [-0.1, -0.05) is 30.3 Å². The highest BCUT2D eigenvalue weighted by Crippen LogP contribution is 2.25. The zero-order valence-corrected chi connectivity index (χ0v) is 15.4. The summed E-state index contributed by atoms with van der Waals surface area (Å²) < 4.78 is 31.7. The van der Waals surface area contributed by atoms with Gasteiger partial charge in [0.05, 0.1) is 0 Å². The van der Waals surface area contributed by atoms with Crippen molar-refractivity contribution in [2.75, 3.05) is 32.7 Å². The van der Waals surface area contributed by atoms with Gasteiger partial charge in [-0.25, -0.2) is 4.79 Å². The van der Waals surface area contributed by atoms with Crippen LogP contribution < -0.4 is 5.73 Å². The van der Waals surface area contributed by atoms with E-state index in [4.69, 9.17) is 15.6 Å². The second kappa shape index (κ2) is 10.1. The number of aliphatic carboxylic acids is 1. The molecule has 0 amide bonds. The number of nitrogens with two attached hydrogens (primary N) is 1. The number of piperazine rings is 1. The third kappa shape index (κ3) is 7.86. The molecule has 1 heterocycles. The normalized spacial score (nSPS) is 24.3. The fourth-order valence-corrected chi connectivity index (χ4v) is 3.62. The van der Waals surface area contributed by atoms with Crippen LogP contribution in [0.1, 0.15) is 24.8 Å². The van der Waals surface area contributed by atoms with E-state index < -0.39 is 12.1 Å². The molecule has 0 radical (unpaired) electrons. The van der Waals surface area contributed by atoms with Crippen LogP contribution in [0.5, 0.6) is 0 Å². The molecular formula is C19H28F3N3O2. The molecule has 2 fully saturated rings. The third-order valence-electron chi connectivity index (χ3n) is 5.05. The lowest BCUT2D eigenvalue weighted by molar-refractivity contribution is -0.192.